The Hall–Kier alpha value is -1.62. The molecule has 1 amide bonds. The number of aromatic nitrogens is 2. The van der Waals surface area contributed by atoms with Crippen molar-refractivity contribution in [3.05, 3.63) is 39.3 Å². The van der Waals surface area contributed by atoms with Crippen LogP contribution in [-0.2, 0) is 12.8 Å². The summed E-state index contributed by atoms with van der Waals surface area (Å²) in [5, 5.41) is 12.6. The Kier molecular flexibility index (Phi) is 4.62. The molecule has 1 atom stereocenters. The molecule has 2 aromatic rings. The zero-order valence-electron chi connectivity index (χ0n) is 13.2. The molecule has 3 rings (SSSR count). The molecule has 0 saturated carbocycles. The quantitative estimate of drug-likeness (QED) is 0.841. The number of amides is 1. The maximum atomic E-state index is 12.7. The van der Waals surface area contributed by atoms with Crippen molar-refractivity contribution in [3.8, 4) is 0 Å². The van der Waals surface area contributed by atoms with Gasteiger partial charge >= 0.3 is 0 Å². The van der Waals surface area contributed by atoms with E-state index in [1.54, 1.807) is 11.3 Å². The fraction of sp³-hybridized carbons (Fsp3) is 0.529. The van der Waals surface area contributed by atoms with Gasteiger partial charge in [0.15, 0.2) is 5.69 Å². The molecule has 2 N–H and O–H groups in total. The van der Waals surface area contributed by atoms with E-state index in [1.165, 1.54) is 17.7 Å². The van der Waals surface area contributed by atoms with Gasteiger partial charge in [-0.05, 0) is 43.0 Å². The molecule has 1 aliphatic rings. The zero-order valence-corrected chi connectivity index (χ0v) is 14.0. The third kappa shape index (κ3) is 3.09. The Morgan fingerprint density at radius 3 is 2.86 bits per heavy atom. The maximum Gasteiger partial charge on any atom is 0.272 e. The summed E-state index contributed by atoms with van der Waals surface area (Å²) in [5.74, 6) is 0.298. The number of rotatable bonds is 4. The Bertz CT molecular complexity index is 630. The number of thiophene rings is 1. The Balaban J connectivity index is 1.80. The van der Waals surface area contributed by atoms with Crippen LogP contribution >= 0.6 is 11.3 Å². The highest BCUT2D eigenvalue weighted by atomic mass is 32.1. The molecular formula is C17H23N3OS. The lowest BCUT2D eigenvalue weighted by Gasteiger charge is -2.21. The lowest BCUT2D eigenvalue weighted by atomic mass is 10.0. The normalized spacial score (nSPS) is 16.1. The van der Waals surface area contributed by atoms with Crippen LogP contribution in [0, 0.1) is 5.92 Å². The van der Waals surface area contributed by atoms with E-state index in [1.807, 2.05) is 6.07 Å². The number of H-pyrrole nitrogens is 1. The van der Waals surface area contributed by atoms with E-state index in [-0.39, 0.29) is 11.9 Å². The molecule has 1 aliphatic carbocycles. The van der Waals surface area contributed by atoms with Crippen LogP contribution < -0.4 is 5.32 Å². The number of carbonyl (C=O) groups excluding carboxylic acids is 1. The van der Waals surface area contributed by atoms with Crippen LogP contribution in [0.25, 0.3) is 0 Å². The second-order valence-electron chi connectivity index (χ2n) is 6.30. The van der Waals surface area contributed by atoms with E-state index in [4.69, 9.17) is 0 Å². The second kappa shape index (κ2) is 6.65. The third-order valence-corrected chi connectivity index (χ3v) is 5.28. The highest BCUT2D eigenvalue weighted by Gasteiger charge is 2.25. The highest BCUT2D eigenvalue weighted by molar-refractivity contribution is 7.10. The van der Waals surface area contributed by atoms with Crippen LogP contribution in [0.2, 0.25) is 0 Å². The van der Waals surface area contributed by atoms with Gasteiger partial charge < -0.3 is 5.32 Å². The first-order valence-corrected chi connectivity index (χ1v) is 8.95. The van der Waals surface area contributed by atoms with E-state index in [0.717, 1.165) is 30.5 Å². The first-order valence-electron chi connectivity index (χ1n) is 8.07. The minimum absolute atomic E-state index is 0.0469. The second-order valence-corrected chi connectivity index (χ2v) is 7.28. The highest BCUT2D eigenvalue weighted by Crippen LogP contribution is 2.27. The average molecular weight is 317 g/mol. The molecule has 0 fully saturated rings. The minimum Gasteiger partial charge on any atom is -0.343 e. The topological polar surface area (TPSA) is 57.8 Å². The van der Waals surface area contributed by atoms with Crippen LogP contribution in [-0.4, -0.2) is 16.1 Å². The lowest BCUT2D eigenvalue weighted by molar-refractivity contribution is 0.0920. The number of aryl methyl sites for hydroxylation is 1. The van der Waals surface area contributed by atoms with E-state index in [2.05, 4.69) is 40.8 Å². The summed E-state index contributed by atoms with van der Waals surface area (Å²) < 4.78 is 0. The van der Waals surface area contributed by atoms with Crippen LogP contribution in [0.1, 0.15) is 65.8 Å². The van der Waals surface area contributed by atoms with E-state index in [9.17, 15) is 4.79 Å². The molecule has 5 heteroatoms. The van der Waals surface area contributed by atoms with Crippen molar-refractivity contribution in [2.45, 2.75) is 52.0 Å². The molecule has 4 nitrogen and oxygen atoms in total. The summed E-state index contributed by atoms with van der Waals surface area (Å²) in [6, 6.07) is 4.16. The number of nitrogens with one attached hydrogen (secondary N) is 2. The number of fused-ring (bicyclic) bond motifs is 1. The summed E-state index contributed by atoms with van der Waals surface area (Å²) in [6.45, 7) is 4.27. The monoisotopic (exact) mass is 317 g/mol. The third-order valence-electron chi connectivity index (χ3n) is 4.32. The number of carbonyl (C=O) groups is 1. The molecule has 0 spiro atoms. The molecule has 0 bridgehead atoms. The molecule has 22 heavy (non-hydrogen) atoms. The number of nitrogens with zero attached hydrogens (tertiary/aromatic N) is 1. The minimum atomic E-state index is -0.0495. The molecule has 0 saturated heterocycles. The summed E-state index contributed by atoms with van der Waals surface area (Å²) in [4.78, 5) is 13.9. The summed E-state index contributed by atoms with van der Waals surface area (Å²) >= 11 is 1.69. The fourth-order valence-corrected chi connectivity index (χ4v) is 4.04. The van der Waals surface area contributed by atoms with Crippen molar-refractivity contribution in [2.75, 3.05) is 0 Å². The van der Waals surface area contributed by atoms with E-state index < -0.39 is 0 Å². The predicted molar refractivity (Wildman–Crippen MR) is 89.2 cm³/mol. The standard InChI is InChI=1S/C17H23N3OS/c1-11(2)15(14-9-6-10-22-14)18-17(21)16-12-7-4-3-5-8-13(12)19-20-16/h6,9-11,15H,3-5,7-8H2,1-2H3,(H,18,21)(H,19,20). The van der Waals surface area contributed by atoms with Gasteiger partial charge in [0.1, 0.15) is 0 Å². The Morgan fingerprint density at radius 2 is 2.14 bits per heavy atom. The molecule has 0 radical (unpaired) electrons. The van der Waals surface area contributed by atoms with Crippen LogP contribution in [0.3, 0.4) is 0 Å². The van der Waals surface area contributed by atoms with Gasteiger partial charge in [-0.3, -0.25) is 9.89 Å². The average Bonchev–Trinajstić information content (AvgIpc) is 3.10. The number of hydrogen-bond acceptors (Lipinski definition) is 3. The van der Waals surface area contributed by atoms with E-state index in [0.29, 0.717) is 11.6 Å². The van der Waals surface area contributed by atoms with Crippen molar-refractivity contribution in [3.63, 3.8) is 0 Å². The van der Waals surface area contributed by atoms with Crippen LogP contribution in [0.4, 0.5) is 0 Å². The van der Waals surface area contributed by atoms with Crippen molar-refractivity contribution in [1.29, 1.82) is 0 Å². The smallest absolute Gasteiger partial charge is 0.272 e. The molecule has 1 unspecified atom stereocenters. The number of aromatic amines is 1. The largest absolute Gasteiger partial charge is 0.343 e. The van der Waals surface area contributed by atoms with E-state index >= 15 is 0 Å². The first-order chi connectivity index (χ1) is 10.7. The van der Waals surface area contributed by atoms with Gasteiger partial charge in [0, 0.05) is 16.1 Å². The lowest BCUT2D eigenvalue weighted by Crippen LogP contribution is -2.32. The molecule has 2 aromatic heterocycles. The molecule has 0 aliphatic heterocycles. The van der Waals surface area contributed by atoms with Gasteiger partial charge in [0.05, 0.1) is 6.04 Å². The van der Waals surface area contributed by atoms with Crippen LogP contribution in [0.15, 0.2) is 17.5 Å². The van der Waals surface area contributed by atoms with Crippen molar-refractivity contribution >= 4 is 17.2 Å². The molecule has 2 heterocycles. The van der Waals surface area contributed by atoms with Crippen molar-refractivity contribution in [2.24, 2.45) is 5.92 Å². The zero-order chi connectivity index (χ0) is 15.5. The summed E-state index contributed by atoms with van der Waals surface area (Å²) in [5.41, 5.74) is 2.88. The van der Waals surface area contributed by atoms with Crippen molar-refractivity contribution < 1.29 is 4.79 Å². The molecular weight excluding hydrogens is 294 g/mol. The van der Waals surface area contributed by atoms with Gasteiger partial charge in [-0.25, -0.2) is 0 Å². The van der Waals surface area contributed by atoms with Gasteiger partial charge in [0.25, 0.3) is 5.91 Å². The Labute approximate surface area is 135 Å². The summed E-state index contributed by atoms with van der Waals surface area (Å²) in [6.07, 6.45) is 5.52. The maximum absolute atomic E-state index is 12.7. The van der Waals surface area contributed by atoms with Gasteiger partial charge in [-0.1, -0.05) is 26.3 Å². The number of hydrogen-bond donors (Lipinski definition) is 2. The van der Waals surface area contributed by atoms with Gasteiger partial charge in [-0.2, -0.15) is 5.10 Å². The SMILES string of the molecule is CC(C)C(NC(=O)c1n[nH]c2c1CCCCC2)c1cccs1. The van der Waals surface area contributed by atoms with Gasteiger partial charge in [0.2, 0.25) is 0 Å². The molecule has 118 valence electrons. The summed E-state index contributed by atoms with van der Waals surface area (Å²) in [7, 11) is 0. The van der Waals surface area contributed by atoms with Crippen LogP contribution in [0.5, 0.6) is 0 Å². The predicted octanol–water partition coefficient (Wildman–Crippen LogP) is 3.87. The fourth-order valence-electron chi connectivity index (χ4n) is 3.09. The first kappa shape index (κ1) is 15.3. The Morgan fingerprint density at radius 1 is 1.32 bits per heavy atom. The van der Waals surface area contributed by atoms with Gasteiger partial charge in [-0.15, -0.1) is 11.3 Å². The molecule has 0 aromatic carbocycles. The van der Waals surface area contributed by atoms with Crippen molar-refractivity contribution in [1.82, 2.24) is 15.5 Å².